The normalized spacial score (nSPS) is 10.5. The largest absolute Gasteiger partial charge is 0.506 e. The van der Waals surface area contributed by atoms with Crippen LogP contribution in [0.2, 0.25) is 5.02 Å². The van der Waals surface area contributed by atoms with Crippen LogP contribution in [0.5, 0.6) is 5.75 Å². The van der Waals surface area contributed by atoms with Crippen LogP contribution >= 0.6 is 11.6 Å². The van der Waals surface area contributed by atoms with E-state index in [2.05, 4.69) is 24.0 Å². The van der Waals surface area contributed by atoms with Crippen LogP contribution in [0.4, 0.5) is 5.69 Å². The van der Waals surface area contributed by atoms with Crippen LogP contribution in [-0.4, -0.2) is 11.7 Å². The predicted octanol–water partition coefficient (Wildman–Crippen LogP) is 4.85. The second-order valence-electron chi connectivity index (χ2n) is 4.86. The zero-order valence-corrected chi connectivity index (χ0v) is 12.5. The maximum absolute atomic E-state index is 10.1. The van der Waals surface area contributed by atoms with Gasteiger partial charge in [-0.15, -0.1) is 0 Å². The minimum absolute atomic E-state index is 0.187. The molecule has 0 aliphatic carbocycles. The molecule has 0 bridgehead atoms. The van der Waals surface area contributed by atoms with E-state index in [9.17, 15) is 5.11 Å². The molecule has 3 heteroatoms. The Bertz CT molecular complexity index is 542. The van der Waals surface area contributed by atoms with Gasteiger partial charge >= 0.3 is 0 Å². The number of hydrogen-bond acceptors (Lipinski definition) is 2. The average molecular weight is 290 g/mol. The van der Waals surface area contributed by atoms with Gasteiger partial charge in [0, 0.05) is 24.3 Å². The second kappa shape index (κ2) is 7.20. The van der Waals surface area contributed by atoms with E-state index in [1.165, 1.54) is 5.69 Å². The smallest absolute Gasteiger partial charge is 0.139 e. The molecule has 0 unspecified atom stereocenters. The van der Waals surface area contributed by atoms with Gasteiger partial charge in [0.05, 0.1) is 5.02 Å². The summed E-state index contributed by atoms with van der Waals surface area (Å²) in [4.78, 5) is 2.27. The average Bonchev–Trinajstić information content (AvgIpc) is 2.48. The Morgan fingerprint density at radius 2 is 1.80 bits per heavy atom. The fourth-order valence-corrected chi connectivity index (χ4v) is 2.37. The highest BCUT2D eigenvalue weighted by Gasteiger charge is 2.11. The van der Waals surface area contributed by atoms with Crippen molar-refractivity contribution in [2.75, 3.05) is 11.4 Å². The summed E-state index contributed by atoms with van der Waals surface area (Å²) in [6.45, 7) is 3.81. The number of halogens is 1. The molecule has 0 radical (unpaired) electrons. The van der Waals surface area contributed by atoms with Crippen LogP contribution in [-0.2, 0) is 6.54 Å². The van der Waals surface area contributed by atoms with E-state index in [1.54, 1.807) is 6.07 Å². The molecular formula is C17H20ClNO. The van der Waals surface area contributed by atoms with E-state index in [0.717, 1.165) is 24.9 Å². The lowest BCUT2D eigenvalue weighted by molar-refractivity contribution is 0.467. The van der Waals surface area contributed by atoms with E-state index in [-0.39, 0.29) is 5.75 Å². The number of para-hydroxylation sites is 2. The number of nitrogens with zero attached hydrogens (tertiary/aromatic N) is 1. The highest BCUT2D eigenvalue weighted by Crippen LogP contribution is 2.29. The monoisotopic (exact) mass is 289 g/mol. The molecule has 0 saturated carbocycles. The van der Waals surface area contributed by atoms with Crippen molar-refractivity contribution < 1.29 is 5.11 Å². The van der Waals surface area contributed by atoms with Crippen LogP contribution < -0.4 is 4.90 Å². The van der Waals surface area contributed by atoms with Crippen molar-refractivity contribution in [3.8, 4) is 5.75 Å². The minimum Gasteiger partial charge on any atom is -0.506 e. The van der Waals surface area contributed by atoms with Gasteiger partial charge in [0.2, 0.25) is 0 Å². The van der Waals surface area contributed by atoms with Crippen molar-refractivity contribution in [3.63, 3.8) is 0 Å². The van der Waals surface area contributed by atoms with E-state index in [1.807, 2.05) is 30.3 Å². The SMILES string of the molecule is CCCCN(Cc1cccc(Cl)c1O)c1ccccc1. The van der Waals surface area contributed by atoms with Crippen LogP contribution in [0.15, 0.2) is 48.5 Å². The topological polar surface area (TPSA) is 23.5 Å². The summed E-state index contributed by atoms with van der Waals surface area (Å²) in [5, 5.41) is 10.5. The molecule has 0 saturated heterocycles. The maximum Gasteiger partial charge on any atom is 0.139 e. The van der Waals surface area contributed by atoms with E-state index in [0.29, 0.717) is 11.6 Å². The van der Waals surface area contributed by atoms with Crippen molar-refractivity contribution in [2.45, 2.75) is 26.3 Å². The number of benzene rings is 2. The number of unbranched alkanes of at least 4 members (excludes halogenated alkanes) is 1. The third-order valence-corrected chi connectivity index (χ3v) is 3.64. The number of phenols is 1. The first kappa shape index (κ1) is 14.7. The summed E-state index contributed by atoms with van der Waals surface area (Å²) in [6, 6.07) is 15.8. The molecule has 0 amide bonds. The molecule has 2 nitrogen and oxygen atoms in total. The van der Waals surface area contributed by atoms with Crippen molar-refractivity contribution in [1.82, 2.24) is 0 Å². The maximum atomic E-state index is 10.1. The molecule has 2 rings (SSSR count). The van der Waals surface area contributed by atoms with E-state index in [4.69, 9.17) is 11.6 Å². The summed E-state index contributed by atoms with van der Waals surface area (Å²) in [5.41, 5.74) is 2.03. The lowest BCUT2D eigenvalue weighted by Gasteiger charge is -2.25. The Morgan fingerprint density at radius 3 is 2.50 bits per heavy atom. The van der Waals surface area contributed by atoms with Gasteiger partial charge in [-0.2, -0.15) is 0 Å². The van der Waals surface area contributed by atoms with Crippen LogP contribution in [0, 0.1) is 0 Å². The molecular weight excluding hydrogens is 270 g/mol. The zero-order chi connectivity index (χ0) is 14.4. The molecule has 0 aromatic heterocycles. The number of phenolic OH excluding ortho intramolecular Hbond substituents is 1. The van der Waals surface area contributed by atoms with Gasteiger partial charge in [-0.3, -0.25) is 0 Å². The van der Waals surface area contributed by atoms with Gasteiger partial charge in [0.25, 0.3) is 0 Å². The number of anilines is 1. The molecule has 0 heterocycles. The van der Waals surface area contributed by atoms with Gasteiger partial charge in [0.1, 0.15) is 5.75 Å². The van der Waals surface area contributed by atoms with Crippen molar-refractivity contribution in [1.29, 1.82) is 0 Å². The van der Waals surface area contributed by atoms with Gasteiger partial charge in [-0.05, 0) is 24.6 Å². The zero-order valence-electron chi connectivity index (χ0n) is 11.7. The Morgan fingerprint density at radius 1 is 1.05 bits per heavy atom. The molecule has 1 N–H and O–H groups in total. The number of hydrogen-bond donors (Lipinski definition) is 1. The predicted molar refractivity (Wildman–Crippen MR) is 85.5 cm³/mol. The Balaban J connectivity index is 2.21. The van der Waals surface area contributed by atoms with Crippen molar-refractivity contribution in [2.24, 2.45) is 0 Å². The summed E-state index contributed by atoms with van der Waals surface area (Å²) in [6.07, 6.45) is 2.26. The summed E-state index contributed by atoms with van der Waals surface area (Å²) in [7, 11) is 0. The lowest BCUT2D eigenvalue weighted by atomic mass is 10.1. The Labute approximate surface area is 125 Å². The van der Waals surface area contributed by atoms with E-state index < -0.39 is 0 Å². The van der Waals surface area contributed by atoms with Gasteiger partial charge < -0.3 is 10.0 Å². The quantitative estimate of drug-likeness (QED) is 0.821. The van der Waals surface area contributed by atoms with Crippen molar-refractivity contribution >= 4 is 17.3 Å². The fourth-order valence-electron chi connectivity index (χ4n) is 2.18. The standard InChI is InChI=1S/C17H20ClNO/c1-2-3-12-19(15-9-5-4-6-10-15)13-14-8-7-11-16(18)17(14)20/h4-11,20H,2-3,12-13H2,1H3. The highest BCUT2D eigenvalue weighted by molar-refractivity contribution is 6.32. The lowest BCUT2D eigenvalue weighted by Crippen LogP contribution is -2.23. The first-order chi connectivity index (χ1) is 9.72. The van der Waals surface area contributed by atoms with Gasteiger partial charge in [-0.1, -0.05) is 55.3 Å². The molecule has 0 fully saturated rings. The minimum atomic E-state index is 0.187. The first-order valence-corrected chi connectivity index (χ1v) is 7.36. The summed E-state index contributed by atoms with van der Waals surface area (Å²) >= 11 is 5.98. The summed E-state index contributed by atoms with van der Waals surface area (Å²) in [5.74, 6) is 0.187. The first-order valence-electron chi connectivity index (χ1n) is 6.98. The summed E-state index contributed by atoms with van der Waals surface area (Å²) < 4.78 is 0. The van der Waals surface area contributed by atoms with Crippen LogP contribution in [0.25, 0.3) is 0 Å². The molecule has 0 atom stereocenters. The molecule has 0 aliphatic rings. The third-order valence-electron chi connectivity index (χ3n) is 3.33. The highest BCUT2D eigenvalue weighted by atomic mass is 35.5. The second-order valence-corrected chi connectivity index (χ2v) is 5.27. The Kier molecular flexibility index (Phi) is 5.31. The molecule has 2 aromatic carbocycles. The molecule has 2 aromatic rings. The van der Waals surface area contributed by atoms with Crippen LogP contribution in [0.1, 0.15) is 25.3 Å². The number of rotatable bonds is 6. The van der Waals surface area contributed by atoms with Gasteiger partial charge in [0.15, 0.2) is 0 Å². The van der Waals surface area contributed by atoms with E-state index >= 15 is 0 Å². The van der Waals surface area contributed by atoms with Crippen molar-refractivity contribution in [3.05, 3.63) is 59.1 Å². The third kappa shape index (κ3) is 3.67. The molecule has 106 valence electrons. The van der Waals surface area contributed by atoms with Crippen LogP contribution in [0.3, 0.4) is 0 Å². The molecule has 0 spiro atoms. The van der Waals surface area contributed by atoms with Gasteiger partial charge in [-0.25, -0.2) is 0 Å². The molecule has 0 aliphatic heterocycles. The fraction of sp³-hybridized carbons (Fsp3) is 0.294. The Hall–Kier alpha value is -1.67. The molecule has 20 heavy (non-hydrogen) atoms. The number of aromatic hydroxyl groups is 1.